The Morgan fingerprint density at radius 3 is 2.47 bits per heavy atom. The second kappa shape index (κ2) is 14.4. The molecule has 4 aliphatic heterocycles. The number of esters is 1. The number of carbonyl (C=O) groups is 4. The summed E-state index contributed by atoms with van der Waals surface area (Å²) in [6.07, 6.45) is 6.88. The zero-order valence-corrected chi connectivity index (χ0v) is 28.9. The highest BCUT2D eigenvalue weighted by molar-refractivity contribution is 6.00. The Bertz CT molecular complexity index is 2070. The maximum absolute atomic E-state index is 15.1. The minimum Gasteiger partial charge on any atom is -0.463 e. The van der Waals surface area contributed by atoms with Gasteiger partial charge in [-0.3, -0.25) is 19.2 Å². The number of likely N-dealkylation sites (tertiary alicyclic amines) is 1. The van der Waals surface area contributed by atoms with Gasteiger partial charge in [0.25, 0.3) is 5.91 Å². The standard InChI is InChI=1S/C40H40N6O7/c47-23-28(22-26-12-3-1-4-13-26)46-36-39(51)44(25-45-31-17-8-7-16-29(31)42-43-45)21-11-20-40(36)35(38(46)50)34-32(53-40)18-9-10-19-33(48)52-24-30(41-37(34)49)27-14-5-2-6-15-27/h1-9,11-18,20,28,30,32,34-36,47H,10,19,21-25H2,(H,41,49)/b18-9-/t28-,30-,32+,34-,35-,36+,40-/m1/s1. The summed E-state index contributed by atoms with van der Waals surface area (Å²) in [4.78, 5) is 60.4. The normalized spacial score (nSPS) is 28.6. The van der Waals surface area contributed by atoms with E-state index in [1.165, 1.54) is 4.90 Å². The van der Waals surface area contributed by atoms with Gasteiger partial charge < -0.3 is 29.7 Å². The predicted molar refractivity (Wildman–Crippen MR) is 191 cm³/mol. The highest BCUT2D eigenvalue weighted by atomic mass is 16.5. The Labute approximate surface area is 305 Å². The van der Waals surface area contributed by atoms with E-state index in [2.05, 4.69) is 15.6 Å². The number of para-hydroxylation sites is 1. The summed E-state index contributed by atoms with van der Waals surface area (Å²) in [7, 11) is 0. The molecule has 8 rings (SSSR count). The first-order valence-corrected chi connectivity index (χ1v) is 17.9. The van der Waals surface area contributed by atoms with E-state index in [1.54, 1.807) is 33.9 Å². The number of carbonyl (C=O) groups excluding carboxylic acids is 4. The molecule has 5 heterocycles. The van der Waals surface area contributed by atoms with Crippen molar-refractivity contribution in [2.75, 3.05) is 19.8 Å². The number of ether oxygens (including phenoxy) is 2. The van der Waals surface area contributed by atoms with Crippen LogP contribution >= 0.6 is 0 Å². The topological polar surface area (TPSA) is 156 Å². The number of aliphatic hydroxyl groups is 1. The number of nitrogens with one attached hydrogen (secondary N) is 1. The van der Waals surface area contributed by atoms with E-state index in [1.807, 2.05) is 84.9 Å². The van der Waals surface area contributed by atoms with Crippen LogP contribution in [0.5, 0.6) is 0 Å². The van der Waals surface area contributed by atoms with Crippen LogP contribution in [0, 0.1) is 11.8 Å². The molecule has 0 radical (unpaired) electrons. The fraction of sp³-hybridized carbons (Fsp3) is 0.350. The third kappa shape index (κ3) is 6.29. The highest BCUT2D eigenvalue weighted by Crippen LogP contribution is 2.53. The van der Waals surface area contributed by atoms with Crippen molar-refractivity contribution in [3.05, 3.63) is 120 Å². The minimum atomic E-state index is -1.55. The fourth-order valence-corrected chi connectivity index (χ4v) is 8.26. The van der Waals surface area contributed by atoms with Crippen molar-refractivity contribution in [1.29, 1.82) is 0 Å². The van der Waals surface area contributed by atoms with Gasteiger partial charge in [0.1, 0.15) is 30.4 Å². The van der Waals surface area contributed by atoms with Gasteiger partial charge >= 0.3 is 5.97 Å². The van der Waals surface area contributed by atoms with Crippen LogP contribution < -0.4 is 5.32 Å². The van der Waals surface area contributed by atoms with Gasteiger partial charge in [-0.05, 0) is 36.1 Å². The van der Waals surface area contributed by atoms with E-state index in [4.69, 9.17) is 9.47 Å². The largest absolute Gasteiger partial charge is 0.463 e. The van der Waals surface area contributed by atoms with E-state index in [0.717, 1.165) is 16.6 Å². The summed E-state index contributed by atoms with van der Waals surface area (Å²) in [5, 5.41) is 22.5. The number of aromatic nitrogens is 3. The molecule has 0 saturated carbocycles. The number of amides is 3. The van der Waals surface area contributed by atoms with Crippen molar-refractivity contribution in [3.63, 3.8) is 0 Å². The van der Waals surface area contributed by atoms with Crippen molar-refractivity contribution in [3.8, 4) is 0 Å². The number of hydrogen-bond donors (Lipinski definition) is 2. The van der Waals surface area contributed by atoms with E-state index in [-0.39, 0.29) is 32.7 Å². The maximum Gasteiger partial charge on any atom is 0.306 e. The number of rotatable bonds is 7. The van der Waals surface area contributed by atoms with Gasteiger partial charge in [-0.25, -0.2) is 4.68 Å². The van der Waals surface area contributed by atoms with Crippen molar-refractivity contribution in [2.45, 2.75) is 55.8 Å². The van der Waals surface area contributed by atoms with E-state index in [9.17, 15) is 14.7 Å². The lowest BCUT2D eigenvalue weighted by atomic mass is 9.77. The second-order valence-corrected chi connectivity index (χ2v) is 13.9. The van der Waals surface area contributed by atoms with Gasteiger partial charge in [-0.1, -0.05) is 102 Å². The van der Waals surface area contributed by atoms with E-state index >= 15 is 9.59 Å². The van der Waals surface area contributed by atoms with Crippen LogP contribution in [0.2, 0.25) is 0 Å². The molecule has 272 valence electrons. The molecule has 2 saturated heterocycles. The molecule has 3 amide bonds. The first kappa shape index (κ1) is 34.4. The Hall–Kier alpha value is -5.66. The molecule has 4 aliphatic rings. The molecular weight excluding hydrogens is 676 g/mol. The van der Waals surface area contributed by atoms with Crippen LogP contribution in [0.4, 0.5) is 0 Å². The first-order valence-electron chi connectivity index (χ1n) is 17.9. The van der Waals surface area contributed by atoms with Gasteiger partial charge in [0.15, 0.2) is 0 Å². The molecular formula is C40H40N6O7. The van der Waals surface area contributed by atoms with Crippen LogP contribution in [0.25, 0.3) is 11.0 Å². The van der Waals surface area contributed by atoms with E-state index in [0.29, 0.717) is 11.9 Å². The van der Waals surface area contributed by atoms with Crippen LogP contribution in [0.1, 0.15) is 30.0 Å². The summed E-state index contributed by atoms with van der Waals surface area (Å²) < 4.78 is 14.1. The average Bonchev–Trinajstić information content (AvgIpc) is 3.78. The summed E-state index contributed by atoms with van der Waals surface area (Å²) >= 11 is 0. The molecule has 1 spiro atoms. The molecule has 1 aromatic heterocycles. The Morgan fingerprint density at radius 1 is 0.925 bits per heavy atom. The molecule has 2 N–H and O–H groups in total. The van der Waals surface area contributed by atoms with Crippen LogP contribution in [0.3, 0.4) is 0 Å². The van der Waals surface area contributed by atoms with Gasteiger partial charge in [-0.2, -0.15) is 0 Å². The number of benzene rings is 3. The Balaban J connectivity index is 1.21. The molecule has 2 fully saturated rings. The van der Waals surface area contributed by atoms with Gasteiger partial charge in [0, 0.05) is 13.0 Å². The quantitative estimate of drug-likeness (QED) is 0.217. The first-order chi connectivity index (χ1) is 25.9. The third-order valence-corrected chi connectivity index (χ3v) is 10.7. The number of fused-ring (bicyclic) bond motifs is 3. The molecule has 3 aromatic carbocycles. The lowest BCUT2D eigenvalue weighted by Crippen LogP contribution is -2.58. The maximum atomic E-state index is 15.1. The van der Waals surface area contributed by atoms with Crippen molar-refractivity contribution >= 4 is 34.7 Å². The monoisotopic (exact) mass is 716 g/mol. The summed E-state index contributed by atoms with van der Waals surface area (Å²) in [6, 6.07) is 23.4. The number of hydrogen-bond acceptors (Lipinski definition) is 9. The number of cyclic esters (lactones) is 1. The number of aliphatic hydroxyl groups excluding tert-OH is 1. The third-order valence-electron chi connectivity index (χ3n) is 10.7. The molecule has 0 unspecified atom stereocenters. The van der Waals surface area contributed by atoms with Crippen molar-refractivity contribution in [2.24, 2.45) is 11.8 Å². The molecule has 7 atom stereocenters. The molecule has 53 heavy (non-hydrogen) atoms. The second-order valence-electron chi connectivity index (χ2n) is 13.9. The molecule has 0 aliphatic carbocycles. The number of nitrogens with zero attached hydrogens (tertiary/aromatic N) is 5. The van der Waals surface area contributed by atoms with Crippen LogP contribution in [-0.4, -0.2) is 97.1 Å². The smallest absolute Gasteiger partial charge is 0.306 e. The summed E-state index contributed by atoms with van der Waals surface area (Å²) in [5.74, 6) is -3.89. The minimum absolute atomic E-state index is 0.0471. The summed E-state index contributed by atoms with van der Waals surface area (Å²) in [6.45, 7) is -0.292. The summed E-state index contributed by atoms with van der Waals surface area (Å²) in [5.41, 5.74) is 1.47. The molecule has 13 heteroatoms. The number of allylic oxidation sites excluding steroid dienone is 1. The van der Waals surface area contributed by atoms with Crippen LogP contribution in [-0.2, 0) is 41.7 Å². The lowest BCUT2D eigenvalue weighted by Gasteiger charge is -2.38. The average molecular weight is 717 g/mol. The van der Waals surface area contributed by atoms with Crippen molar-refractivity contribution in [1.82, 2.24) is 30.1 Å². The molecule has 4 aromatic rings. The van der Waals surface area contributed by atoms with E-state index < -0.39 is 72.0 Å². The predicted octanol–water partition coefficient (Wildman–Crippen LogP) is 2.72. The zero-order valence-electron chi connectivity index (χ0n) is 28.9. The molecule has 0 bridgehead atoms. The van der Waals surface area contributed by atoms with Crippen molar-refractivity contribution < 1.29 is 33.8 Å². The SMILES string of the molecule is O=C1CC/C=C\[C@@H]2O[C@@]34C=CCN(Cn5nnc6ccccc65)C(=O)[C@@H]3N([C@@H](CO)Cc3ccccc3)C(=O)[C@H]4[C@@H]2C(=O)N[C@@H](c2ccccc2)CO1. The zero-order chi connectivity index (χ0) is 36.5. The fourth-order valence-electron chi connectivity index (χ4n) is 8.26. The van der Waals surface area contributed by atoms with Gasteiger partial charge in [0.05, 0.1) is 42.1 Å². The Kier molecular flexibility index (Phi) is 9.35. The highest BCUT2D eigenvalue weighted by Gasteiger charge is 2.72. The molecule has 13 nitrogen and oxygen atoms in total. The Morgan fingerprint density at radius 2 is 1.68 bits per heavy atom. The van der Waals surface area contributed by atoms with Gasteiger partial charge in [-0.15, -0.1) is 5.10 Å². The lowest BCUT2D eigenvalue weighted by molar-refractivity contribution is -0.152. The van der Waals surface area contributed by atoms with Gasteiger partial charge in [0.2, 0.25) is 11.8 Å². The van der Waals surface area contributed by atoms with Crippen LogP contribution in [0.15, 0.2) is 109 Å².